The van der Waals surface area contributed by atoms with Crippen LogP contribution in [-0.4, -0.2) is 11.5 Å². The SMILES string of the molecule is c1nc2c(s1)CCNC2. The molecule has 2 rings (SSSR count). The molecule has 2 nitrogen and oxygen atoms in total. The summed E-state index contributed by atoms with van der Waals surface area (Å²) >= 11 is 1.77. The molecule has 0 aliphatic carbocycles. The van der Waals surface area contributed by atoms with Crippen LogP contribution in [0.15, 0.2) is 5.51 Å². The van der Waals surface area contributed by atoms with Gasteiger partial charge in [-0.2, -0.15) is 0 Å². The van der Waals surface area contributed by atoms with Crippen LogP contribution in [0.1, 0.15) is 10.6 Å². The van der Waals surface area contributed by atoms with E-state index >= 15 is 0 Å². The molecule has 1 aliphatic heterocycles. The lowest BCUT2D eigenvalue weighted by molar-refractivity contribution is 0.639. The third kappa shape index (κ3) is 0.862. The van der Waals surface area contributed by atoms with Gasteiger partial charge in [-0.15, -0.1) is 11.3 Å². The largest absolute Gasteiger partial charge is 0.311 e. The van der Waals surface area contributed by atoms with Crippen LogP contribution < -0.4 is 5.32 Å². The number of rotatable bonds is 0. The standard InChI is InChI=1S/C6H8N2S/c1-2-7-3-5-6(1)9-4-8-5/h4,7H,1-3H2. The number of hydrogen-bond acceptors (Lipinski definition) is 3. The molecule has 0 aromatic carbocycles. The van der Waals surface area contributed by atoms with E-state index < -0.39 is 0 Å². The molecule has 1 N–H and O–H groups in total. The topological polar surface area (TPSA) is 24.9 Å². The molecule has 3 heteroatoms. The van der Waals surface area contributed by atoms with Crippen molar-refractivity contribution in [3.05, 3.63) is 16.1 Å². The molecule has 0 radical (unpaired) electrons. The average molecular weight is 140 g/mol. The Balaban J connectivity index is 2.39. The monoisotopic (exact) mass is 140 g/mol. The highest BCUT2D eigenvalue weighted by Gasteiger charge is 2.09. The quantitative estimate of drug-likeness (QED) is 0.576. The minimum atomic E-state index is 0.971. The van der Waals surface area contributed by atoms with Crippen LogP contribution in [0.2, 0.25) is 0 Å². The zero-order valence-electron chi connectivity index (χ0n) is 5.05. The summed E-state index contributed by atoms with van der Waals surface area (Å²) < 4.78 is 0. The Labute approximate surface area is 57.9 Å². The first-order chi connectivity index (χ1) is 4.47. The van der Waals surface area contributed by atoms with Crippen LogP contribution in [0.25, 0.3) is 0 Å². The van der Waals surface area contributed by atoms with Crippen LogP contribution in [0.4, 0.5) is 0 Å². The van der Waals surface area contributed by atoms with Crippen molar-refractivity contribution >= 4 is 11.3 Å². The van der Waals surface area contributed by atoms with Crippen LogP contribution in [-0.2, 0) is 13.0 Å². The fourth-order valence-electron chi connectivity index (χ4n) is 1.05. The molecule has 0 unspecified atom stereocenters. The lowest BCUT2D eigenvalue weighted by Gasteiger charge is -2.09. The predicted octanol–water partition coefficient (Wildman–Crippen LogP) is 0.789. The molecule has 48 valence electrons. The van der Waals surface area contributed by atoms with Gasteiger partial charge in [-0.25, -0.2) is 4.98 Å². The summed E-state index contributed by atoms with van der Waals surface area (Å²) in [6.07, 6.45) is 1.17. The van der Waals surface area contributed by atoms with Crippen LogP contribution in [0, 0.1) is 0 Å². The smallest absolute Gasteiger partial charge is 0.0798 e. The first-order valence-electron chi connectivity index (χ1n) is 3.09. The van der Waals surface area contributed by atoms with E-state index in [0.29, 0.717) is 0 Å². The maximum atomic E-state index is 4.21. The lowest BCUT2D eigenvalue weighted by atomic mass is 10.2. The summed E-state index contributed by atoms with van der Waals surface area (Å²) in [5, 5.41) is 3.27. The second-order valence-corrected chi connectivity index (χ2v) is 3.09. The van der Waals surface area contributed by atoms with E-state index in [1.807, 2.05) is 5.51 Å². The van der Waals surface area contributed by atoms with Crippen LogP contribution >= 0.6 is 11.3 Å². The maximum absolute atomic E-state index is 4.21. The Morgan fingerprint density at radius 1 is 1.67 bits per heavy atom. The van der Waals surface area contributed by atoms with Gasteiger partial charge in [0.2, 0.25) is 0 Å². The van der Waals surface area contributed by atoms with Crippen molar-refractivity contribution < 1.29 is 0 Å². The molecule has 1 aromatic heterocycles. The number of nitrogens with one attached hydrogen (secondary N) is 1. The third-order valence-electron chi connectivity index (χ3n) is 1.55. The molecule has 0 spiro atoms. The predicted molar refractivity (Wildman–Crippen MR) is 37.5 cm³/mol. The highest BCUT2D eigenvalue weighted by molar-refractivity contribution is 7.09. The number of nitrogens with zero attached hydrogens (tertiary/aromatic N) is 1. The highest BCUT2D eigenvalue weighted by atomic mass is 32.1. The Morgan fingerprint density at radius 3 is 3.56 bits per heavy atom. The molecule has 2 heterocycles. The van der Waals surface area contributed by atoms with Gasteiger partial charge in [-0.05, 0) is 6.42 Å². The normalized spacial score (nSPS) is 17.3. The van der Waals surface area contributed by atoms with E-state index in [-0.39, 0.29) is 0 Å². The first kappa shape index (κ1) is 5.38. The van der Waals surface area contributed by atoms with E-state index in [1.165, 1.54) is 17.0 Å². The molecule has 0 fully saturated rings. The lowest BCUT2D eigenvalue weighted by Crippen LogP contribution is -2.22. The fourth-order valence-corrected chi connectivity index (χ4v) is 1.84. The molecule has 0 atom stereocenters. The third-order valence-corrected chi connectivity index (χ3v) is 2.48. The van der Waals surface area contributed by atoms with Gasteiger partial charge in [0.05, 0.1) is 11.2 Å². The van der Waals surface area contributed by atoms with E-state index in [4.69, 9.17) is 0 Å². The number of thiazole rings is 1. The highest BCUT2D eigenvalue weighted by Crippen LogP contribution is 2.15. The molecular weight excluding hydrogens is 132 g/mol. The number of fused-ring (bicyclic) bond motifs is 1. The summed E-state index contributed by atoms with van der Waals surface area (Å²) in [6, 6.07) is 0. The van der Waals surface area contributed by atoms with Gasteiger partial charge < -0.3 is 5.32 Å². The van der Waals surface area contributed by atoms with Crippen molar-refractivity contribution in [3.8, 4) is 0 Å². The second-order valence-electron chi connectivity index (χ2n) is 2.15. The van der Waals surface area contributed by atoms with E-state index in [0.717, 1.165) is 13.1 Å². The van der Waals surface area contributed by atoms with Crippen molar-refractivity contribution in [2.24, 2.45) is 0 Å². The maximum Gasteiger partial charge on any atom is 0.0798 e. The van der Waals surface area contributed by atoms with Gasteiger partial charge >= 0.3 is 0 Å². The Morgan fingerprint density at radius 2 is 2.67 bits per heavy atom. The van der Waals surface area contributed by atoms with Gasteiger partial charge in [0, 0.05) is 18.0 Å². The molecular formula is C6H8N2S. The first-order valence-corrected chi connectivity index (χ1v) is 3.97. The summed E-state index contributed by atoms with van der Waals surface area (Å²) in [7, 11) is 0. The van der Waals surface area contributed by atoms with Gasteiger partial charge in [0.25, 0.3) is 0 Å². The molecule has 0 amide bonds. The molecule has 0 saturated heterocycles. The summed E-state index contributed by atoms with van der Waals surface area (Å²) in [4.78, 5) is 5.68. The minimum Gasteiger partial charge on any atom is -0.311 e. The number of hydrogen-bond donors (Lipinski definition) is 1. The minimum absolute atomic E-state index is 0.971. The van der Waals surface area contributed by atoms with Crippen LogP contribution in [0.5, 0.6) is 0 Å². The van der Waals surface area contributed by atoms with Crippen molar-refractivity contribution in [1.82, 2.24) is 10.3 Å². The number of aromatic nitrogens is 1. The summed E-state index contributed by atoms with van der Waals surface area (Å²) in [5.41, 5.74) is 3.18. The second kappa shape index (κ2) is 2.08. The van der Waals surface area contributed by atoms with Gasteiger partial charge in [-0.1, -0.05) is 0 Å². The van der Waals surface area contributed by atoms with Crippen molar-refractivity contribution in [1.29, 1.82) is 0 Å². The zero-order valence-corrected chi connectivity index (χ0v) is 5.87. The fraction of sp³-hybridized carbons (Fsp3) is 0.500. The molecule has 1 aliphatic rings. The molecule has 0 saturated carbocycles. The van der Waals surface area contributed by atoms with Crippen LogP contribution in [0.3, 0.4) is 0 Å². The Bertz CT molecular complexity index is 186. The molecule has 0 bridgehead atoms. The summed E-state index contributed by atoms with van der Waals surface area (Å²) in [6.45, 7) is 2.09. The van der Waals surface area contributed by atoms with Crippen molar-refractivity contribution in [2.75, 3.05) is 6.54 Å². The van der Waals surface area contributed by atoms with Gasteiger partial charge in [-0.3, -0.25) is 0 Å². The summed E-state index contributed by atoms with van der Waals surface area (Å²) in [5.74, 6) is 0. The van der Waals surface area contributed by atoms with E-state index in [9.17, 15) is 0 Å². The van der Waals surface area contributed by atoms with Gasteiger partial charge in [0.1, 0.15) is 0 Å². The molecule has 1 aromatic rings. The van der Waals surface area contributed by atoms with E-state index in [1.54, 1.807) is 11.3 Å². The van der Waals surface area contributed by atoms with E-state index in [2.05, 4.69) is 10.3 Å². The zero-order chi connectivity index (χ0) is 6.10. The Kier molecular flexibility index (Phi) is 1.24. The Hall–Kier alpha value is -0.410. The van der Waals surface area contributed by atoms with Crippen molar-refractivity contribution in [3.63, 3.8) is 0 Å². The molecule has 9 heavy (non-hydrogen) atoms. The average Bonchev–Trinajstić information content (AvgIpc) is 2.33. The van der Waals surface area contributed by atoms with Crippen molar-refractivity contribution in [2.45, 2.75) is 13.0 Å². The van der Waals surface area contributed by atoms with Gasteiger partial charge in [0.15, 0.2) is 0 Å².